The molecule has 4 nitrogen and oxygen atoms in total. The highest BCUT2D eigenvalue weighted by Gasteiger charge is 2.39. The van der Waals surface area contributed by atoms with E-state index in [0.29, 0.717) is 23.7 Å². The van der Waals surface area contributed by atoms with E-state index in [1.807, 2.05) is 0 Å². The maximum Gasteiger partial charge on any atom is 0.333 e. The number of hydrogen-bond acceptors (Lipinski definition) is 4. The Morgan fingerprint density at radius 2 is 1.97 bits per heavy atom. The average Bonchev–Trinajstić information content (AvgIpc) is 3.30. The van der Waals surface area contributed by atoms with Crippen molar-refractivity contribution in [2.75, 3.05) is 13.1 Å². The van der Waals surface area contributed by atoms with Crippen LogP contribution in [0.2, 0.25) is 0 Å². The molecular weight excluding hydrogens is 362 g/mol. The average molecular weight is 398 g/mol. The minimum Gasteiger partial charge on any atom is -0.428 e. The third-order valence-corrected chi connectivity index (χ3v) is 7.18. The molecule has 4 rings (SSSR count). The van der Waals surface area contributed by atoms with Crippen LogP contribution in [-0.2, 0) is 20.8 Å². The van der Waals surface area contributed by atoms with Gasteiger partial charge in [-0.2, -0.15) is 0 Å². The standard InChI is InChI=1S/C25H35NO3/c1-17(2)20-10-9-18(3)23(13-20)28-25-22(14-24(27)29-25)21-11-12-26(16-21)15-19-7-5-4-6-8-19/h4-8,14,17-18,20-21,23,25H,9-13,15-16H2,1-3H3/t18?,20?,21-,23?,25-/m0/s1. The van der Waals surface area contributed by atoms with Crippen LogP contribution in [0, 0.1) is 23.7 Å². The molecule has 1 aliphatic carbocycles. The van der Waals surface area contributed by atoms with Crippen molar-refractivity contribution in [1.82, 2.24) is 4.90 Å². The second-order valence-corrected chi connectivity index (χ2v) is 9.59. The zero-order chi connectivity index (χ0) is 20.4. The lowest BCUT2D eigenvalue weighted by molar-refractivity contribution is -0.180. The quantitative estimate of drug-likeness (QED) is 0.647. The molecule has 0 amide bonds. The maximum atomic E-state index is 12.1. The Hall–Kier alpha value is -1.65. The zero-order valence-corrected chi connectivity index (χ0v) is 18.0. The van der Waals surface area contributed by atoms with Gasteiger partial charge in [0.05, 0.1) is 6.10 Å². The van der Waals surface area contributed by atoms with E-state index in [-0.39, 0.29) is 12.1 Å². The number of ether oxygens (including phenoxy) is 2. The molecule has 2 heterocycles. The van der Waals surface area contributed by atoms with Gasteiger partial charge in [0.15, 0.2) is 0 Å². The van der Waals surface area contributed by atoms with Gasteiger partial charge >= 0.3 is 5.97 Å². The topological polar surface area (TPSA) is 38.8 Å². The van der Waals surface area contributed by atoms with E-state index in [0.717, 1.165) is 38.0 Å². The lowest BCUT2D eigenvalue weighted by Gasteiger charge is -2.37. The van der Waals surface area contributed by atoms with Crippen molar-refractivity contribution < 1.29 is 14.3 Å². The minimum absolute atomic E-state index is 0.178. The molecule has 1 aromatic rings. The van der Waals surface area contributed by atoms with Crippen LogP contribution in [0.15, 0.2) is 42.0 Å². The SMILES string of the molecule is CC(C)C1CCC(C)C(O[C@H]2OC(=O)C=C2[C@H]2CCN(Cc3ccccc3)C2)C1. The van der Waals surface area contributed by atoms with Gasteiger partial charge in [-0.15, -0.1) is 0 Å². The highest BCUT2D eigenvalue weighted by atomic mass is 16.7. The molecule has 3 unspecified atom stereocenters. The Morgan fingerprint density at radius 1 is 1.17 bits per heavy atom. The summed E-state index contributed by atoms with van der Waals surface area (Å²) in [4.78, 5) is 14.6. The molecule has 1 aromatic carbocycles. The fourth-order valence-electron chi connectivity index (χ4n) is 5.18. The summed E-state index contributed by atoms with van der Waals surface area (Å²) in [5.74, 6) is 2.00. The van der Waals surface area contributed by atoms with Crippen LogP contribution in [0.1, 0.15) is 52.0 Å². The fourth-order valence-corrected chi connectivity index (χ4v) is 5.18. The van der Waals surface area contributed by atoms with E-state index in [4.69, 9.17) is 9.47 Å². The van der Waals surface area contributed by atoms with Crippen molar-refractivity contribution in [1.29, 1.82) is 0 Å². The number of nitrogens with zero attached hydrogens (tertiary/aromatic N) is 1. The summed E-state index contributed by atoms with van der Waals surface area (Å²) in [7, 11) is 0. The first-order chi connectivity index (χ1) is 14.0. The van der Waals surface area contributed by atoms with Gasteiger partial charge in [0.25, 0.3) is 0 Å². The third kappa shape index (κ3) is 4.92. The first-order valence-electron chi connectivity index (χ1n) is 11.3. The molecule has 29 heavy (non-hydrogen) atoms. The van der Waals surface area contributed by atoms with Crippen LogP contribution in [0.5, 0.6) is 0 Å². The number of esters is 1. The van der Waals surface area contributed by atoms with E-state index >= 15 is 0 Å². The number of likely N-dealkylation sites (tertiary alicyclic amines) is 1. The van der Waals surface area contributed by atoms with E-state index in [1.54, 1.807) is 6.08 Å². The summed E-state index contributed by atoms with van der Waals surface area (Å²) in [5.41, 5.74) is 2.40. The number of carbonyl (C=O) groups excluding carboxylic acids is 1. The summed E-state index contributed by atoms with van der Waals surface area (Å²) in [6, 6.07) is 10.6. The van der Waals surface area contributed by atoms with Crippen molar-refractivity contribution in [2.24, 2.45) is 23.7 Å². The van der Waals surface area contributed by atoms with Crippen molar-refractivity contribution in [3.8, 4) is 0 Å². The molecular formula is C25H35NO3. The highest BCUT2D eigenvalue weighted by molar-refractivity contribution is 5.85. The third-order valence-electron chi connectivity index (χ3n) is 7.18. The predicted octanol–water partition coefficient (Wildman–Crippen LogP) is 4.80. The molecule has 1 saturated carbocycles. The van der Waals surface area contributed by atoms with Crippen LogP contribution < -0.4 is 0 Å². The summed E-state index contributed by atoms with van der Waals surface area (Å²) in [6.07, 6.45) is 6.01. The molecule has 0 bridgehead atoms. The van der Waals surface area contributed by atoms with Crippen molar-refractivity contribution in [3.63, 3.8) is 0 Å². The summed E-state index contributed by atoms with van der Waals surface area (Å²) >= 11 is 0. The van der Waals surface area contributed by atoms with E-state index in [1.165, 1.54) is 18.4 Å². The van der Waals surface area contributed by atoms with Crippen molar-refractivity contribution in [3.05, 3.63) is 47.5 Å². The molecule has 158 valence electrons. The first kappa shape index (κ1) is 20.6. The van der Waals surface area contributed by atoms with Crippen LogP contribution in [0.25, 0.3) is 0 Å². The molecule has 4 heteroatoms. The van der Waals surface area contributed by atoms with Crippen LogP contribution in [-0.4, -0.2) is 36.4 Å². The van der Waals surface area contributed by atoms with Crippen LogP contribution >= 0.6 is 0 Å². The zero-order valence-electron chi connectivity index (χ0n) is 18.0. The molecule has 3 aliphatic rings. The number of cyclic esters (lactones) is 1. The van der Waals surface area contributed by atoms with E-state index in [9.17, 15) is 4.79 Å². The van der Waals surface area contributed by atoms with Crippen molar-refractivity contribution >= 4 is 5.97 Å². The lowest BCUT2D eigenvalue weighted by Crippen LogP contribution is -2.36. The first-order valence-corrected chi connectivity index (χ1v) is 11.3. The largest absolute Gasteiger partial charge is 0.428 e. The molecule has 0 aromatic heterocycles. The Balaban J connectivity index is 1.38. The minimum atomic E-state index is -0.484. The Kier molecular flexibility index (Phi) is 6.41. The van der Waals surface area contributed by atoms with Gasteiger partial charge in [0.2, 0.25) is 6.29 Å². The summed E-state index contributed by atoms with van der Waals surface area (Å²) < 4.78 is 12.1. The Bertz CT molecular complexity index is 729. The van der Waals surface area contributed by atoms with Crippen LogP contribution in [0.4, 0.5) is 0 Å². The second kappa shape index (κ2) is 9.01. The molecule has 0 radical (unpaired) electrons. The molecule has 2 fully saturated rings. The van der Waals surface area contributed by atoms with E-state index in [2.05, 4.69) is 56.0 Å². The van der Waals surface area contributed by atoms with Gasteiger partial charge in [-0.05, 0) is 55.5 Å². The van der Waals surface area contributed by atoms with Gasteiger partial charge < -0.3 is 9.47 Å². The normalized spacial score (nSPS) is 33.2. The van der Waals surface area contributed by atoms with E-state index < -0.39 is 6.29 Å². The Labute approximate surface area is 175 Å². The number of rotatable bonds is 6. The van der Waals surface area contributed by atoms with Gasteiger partial charge in [-0.1, -0.05) is 51.1 Å². The second-order valence-electron chi connectivity index (χ2n) is 9.59. The summed E-state index contributed by atoms with van der Waals surface area (Å²) in [5, 5.41) is 0. The molecule has 2 aliphatic heterocycles. The molecule has 5 atom stereocenters. The van der Waals surface area contributed by atoms with Crippen LogP contribution in [0.3, 0.4) is 0 Å². The molecule has 0 N–H and O–H groups in total. The van der Waals surface area contributed by atoms with Gasteiger partial charge in [0.1, 0.15) is 0 Å². The Morgan fingerprint density at radius 3 is 2.72 bits per heavy atom. The highest BCUT2D eigenvalue weighted by Crippen LogP contribution is 2.38. The maximum absolute atomic E-state index is 12.1. The number of benzene rings is 1. The molecule has 1 saturated heterocycles. The summed E-state index contributed by atoms with van der Waals surface area (Å²) in [6.45, 7) is 9.86. The predicted molar refractivity (Wildman–Crippen MR) is 114 cm³/mol. The fraction of sp³-hybridized carbons (Fsp3) is 0.640. The molecule has 0 spiro atoms. The van der Waals surface area contributed by atoms with Gasteiger partial charge in [-0.3, -0.25) is 4.90 Å². The lowest BCUT2D eigenvalue weighted by atomic mass is 9.76. The number of carbonyl (C=O) groups is 1. The van der Waals surface area contributed by atoms with Gasteiger partial charge in [0, 0.05) is 30.7 Å². The monoisotopic (exact) mass is 397 g/mol. The van der Waals surface area contributed by atoms with Crippen molar-refractivity contribution in [2.45, 2.75) is 65.4 Å². The van der Waals surface area contributed by atoms with Gasteiger partial charge in [-0.25, -0.2) is 4.79 Å². The smallest absolute Gasteiger partial charge is 0.333 e. The number of hydrogen-bond donors (Lipinski definition) is 0.